The Balaban J connectivity index is 0.000000410. The average Bonchev–Trinajstić information content (AvgIpc) is 3.23. The van der Waals surface area contributed by atoms with Gasteiger partial charge in [-0.3, -0.25) is 4.79 Å². The number of aliphatic carboxylic acids is 1. The maximum Gasteiger partial charge on any atom is 0.410 e. The predicted octanol–water partition coefficient (Wildman–Crippen LogP) is 1.58. The van der Waals surface area contributed by atoms with Crippen LogP contribution in [0.4, 0.5) is 4.79 Å². The number of esters is 2. The Morgan fingerprint density at radius 3 is 2.05 bits per heavy atom. The summed E-state index contributed by atoms with van der Waals surface area (Å²) in [5.74, 6) is -6.45. The molecule has 0 bridgehead atoms. The fourth-order valence-corrected chi connectivity index (χ4v) is 6.77. The van der Waals surface area contributed by atoms with Crippen molar-refractivity contribution in [1.82, 2.24) is 4.90 Å². The molecule has 2 aliphatic heterocycles. The van der Waals surface area contributed by atoms with E-state index in [9.17, 15) is 34.5 Å². The van der Waals surface area contributed by atoms with Crippen molar-refractivity contribution >= 4 is 24.0 Å². The van der Waals surface area contributed by atoms with Gasteiger partial charge in [0.2, 0.25) is 0 Å². The zero-order valence-corrected chi connectivity index (χ0v) is 34.2. The van der Waals surface area contributed by atoms with E-state index in [-0.39, 0.29) is 69.7 Å². The second kappa shape index (κ2) is 23.5. The Morgan fingerprint density at radius 2 is 1.49 bits per heavy atom. The third kappa shape index (κ3) is 13.9. The van der Waals surface area contributed by atoms with E-state index in [1.807, 2.05) is 81.4 Å². The Labute approximate surface area is 344 Å². The fraction of sp³-hybridized carbons (Fsp3) is 0.610. The summed E-state index contributed by atoms with van der Waals surface area (Å²) in [6.45, 7) is 7.24. The number of rotatable bonds is 18. The van der Waals surface area contributed by atoms with Crippen LogP contribution in [-0.2, 0) is 60.7 Å². The van der Waals surface area contributed by atoms with Crippen molar-refractivity contribution < 1.29 is 77.9 Å². The molecule has 7 N–H and O–H groups in total. The summed E-state index contributed by atoms with van der Waals surface area (Å²) in [7, 11) is 1.29. The molecule has 4 unspecified atom stereocenters. The van der Waals surface area contributed by atoms with Crippen LogP contribution in [-0.4, -0.2) is 143 Å². The third-order valence-electron chi connectivity index (χ3n) is 10.2. The highest BCUT2D eigenvalue weighted by atomic mass is 16.7. The molecular formula is C41H60N2O16. The number of hydrogen-bond acceptors (Lipinski definition) is 16. The van der Waals surface area contributed by atoms with E-state index >= 15 is 0 Å². The lowest BCUT2D eigenvalue weighted by molar-refractivity contribution is -0.322. The molecule has 0 saturated carbocycles. The van der Waals surface area contributed by atoms with Crippen molar-refractivity contribution in [2.45, 2.75) is 95.8 Å². The Morgan fingerprint density at radius 1 is 0.898 bits per heavy atom. The van der Waals surface area contributed by atoms with Crippen molar-refractivity contribution in [3.8, 4) is 0 Å². The first-order valence-corrected chi connectivity index (χ1v) is 19.5. The zero-order valence-electron chi connectivity index (χ0n) is 34.2. The van der Waals surface area contributed by atoms with E-state index in [4.69, 9.17) is 49.1 Å². The van der Waals surface area contributed by atoms with Crippen LogP contribution in [0, 0.1) is 17.8 Å². The van der Waals surface area contributed by atoms with Gasteiger partial charge in [0.1, 0.15) is 24.9 Å². The number of carboxylic acids is 1. The summed E-state index contributed by atoms with van der Waals surface area (Å²) in [5.41, 5.74) is 7.02. The molecule has 18 nitrogen and oxygen atoms in total. The average molecular weight is 837 g/mol. The molecule has 59 heavy (non-hydrogen) atoms. The largest absolute Gasteiger partial charge is 0.477 e. The van der Waals surface area contributed by atoms with Crippen LogP contribution in [0.15, 0.2) is 60.7 Å². The molecule has 2 aliphatic rings. The van der Waals surface area contributed by atoms with Gasteiger partial charge in [0.05, 0.1) is 45.7 Å². The number of nitrogens with two attached hydrogens (primary N) is 1. The van der Waals surface area contributed by atoms with Gasteiger partial charge in [-0.25, -0.2) is 14.4 Å². The number of hydrogen-bond donors (Lipinski definition) is 6. The van der Waals surface area contributed by atoms with Crippen LogP contribution in [0.2, 0.25) is 0 Å². The smallest absolute Gasteiger partial charge is 0.410 e. The Hall–Kier alpha value is -4.24. The molecule has 0 spiro atoms. The standard InChI is InChI=1S/C31H41NO8.C10H19NO8/c1-22-18-31(29(34)36-5,40-28(24(22)3)23(2)20-37-25(4)33)39-17-16-32(19-26-12-8-6-9-13-26)30(35)38-21-27-14-10-7-11-15-27;11-1-2-18-10(9(16)17)3-5(13)7(15)8(19-10)6(14)4-12/h6-15,22-24,28H,16-21H2,1-5H3;5-8,12-15H,1-4,11H2,(H,16,17)/t22?,23-,24-,28?,31-;5?,6-,7-,8?,10-/m11/s1. The molecule has 0 aliphatic carbocycles. The van der Waals surface area contributed by atoms with Crippen LogP contribution in [0.1, 0.15) is 51.7 Å². The number of carbonyl (C=O) groups excluding carboxylic acids is 3. The first kappa shape index (κ1) is 49.1. The second-order valence-corrected chi connectivity index (χ2v) is 14.7. The highest BCUT2D eigenvalue weighted by molar-refractivity contribution is 5.78. The summed E-state index contributed by atoms with van der Waals surface area (Å²) in [5, 5.41) is 46.8. The minimum Gasteiger partial charge on any atom is -0.477 e. The molecule has 2 heterocycles. The first-order chi connectivity index (χ1) is 28.0. The molecule has 0 radical (unpaired) electrons. The number of methoxy groups -OCH3 is 1. The van der Waals surface area contributed by atoms with Crippen LogP contribution in [0.3, 0.4) is 0 Å². The van der Waals surface area contributed by atoms with Gasteiger partial charge in [0.25, 0.3) is 11.6 Å². The maximum atomic E-state index is 13.1. The highest BCUT2D eigenvalue weighted by Gasteiger charge is 2.55. The number of carboxylic acid groups (broad SMARTS) is 1. The topological polar surface area (TPSA) is 263 Å². The number of aliphatic hydroxyl groups is 4. The molecule has 18 heteroatoms. The van der Waals surface area contributed by atoms with Gasteiger partial charge >= 0.3 is 24.0 Å². The summed E-state index contributed by atoms with van der Waals surface area (Å²) in [6.07, 6.45) is -7.19. The SMILES string of the molecule is COC(=O)[C@@]1(OCCN(Cc2ccccc2)C(=O)OCc2ccccc2)CC(C)[C@@H](C)C([C@H](C)COC(C)=O)O1.NCCO[C@]1(C(=O)O)CC(O)[C@@H](O)C([C@H](O)CO)O1. The summed E-state index contributed by atoms with van der Waals surface area (Å²) in [4.78, 5) is 50.4. The van der Waals surface area contributed by atoms with E-state index < -0.39 is 73.2 Å². The molecule has 1 amide bonds. The number of carbonyl (C=O) groups is 4. The Bertz CT molecular complexity index is 1600. The van der Waals surface area contributed by atoms with Gasteiger partial charge in [0.15, 0.2) is 0 Å². The number of benzene rings is 2. The quantitative estimate of drug-likeness (QED) is 0.0920. The lowest BCUT2D eigenvalue weighted by atomic mass is 9.78. The van der Waals surface area contributed by atoms with Crippen LogP contribution >= 0.6 is 0 Å². The molecule has 2 saturated heterocycles. The summed E-state index contributed by atoms with van der Waals surface area (Å²) < 4.78 is 38.5. The van der Waals surface area contributed by atoms with Gasteiger partial charge in [0, 0.05) is 45.3 Å². The minimum atomic E-state index is -2.21. The molecule has 0 aromatic heterocycles. The molecule has 330 valence electrons. The lowest BCUT2D eigenvalue weighted by Gasteiger charge is -2.46. The molecule has 2 aromatic carbocycles. The molecular weight excluding hydrogens is 776 g/mol. The van der Waals surface area contributed by atoms with Crippen molar-refractivity contribution in [1.29, 1.82) is 0 Å². The lowest BCUT2D eigenvalue weighted by Crippen LogP contribution is -2.62. The highest BCUT2D eigenvalue weighted by Crippen LogP contribution is 2.41. The maximum absolute atomic E-state index is 13.1. The van der Waals surface area contributed by atoms with E-state index in [2.05, 4.69) is 0 Å². The van der Waals surface area contributed by atoms with E-state index in [1.165, 1.54) is 14.0 Å². The monoisotopic (exact) mass is 836 g/mol. The number of ether oxygens (including phenoxy) is 7. The normalized spacial score (nSPS) is 27.6. The molecule has 10 atom stereocenters. The molecule has 2 fully saturated rings. The van der Waals surface area contributed by atoms with Crippen LogP contribution in [0.25, 0.3) is 0 Å². The first-order valence-electron chi connectivity index (χ1n) is 19.5. The second-order valence-electron chi connectivity index (χ2n) is 14.7. The van der Waals surface area contributed by atoms with Crippen molar-refractivity contribution in [3.63, 3.8) is 0 Å². The number of aliphatic hydroxyl groups excluding tert-OH is 4. The number of nitrogens with zero attached hydrogens (tertiary/aromatic N) is 1. The van der Waals surface area contributed by atoms with E-state index in [0.29, 0.717) is 6.54 Å². The van der Waals surface area contributed by atoms with E-state index in [0.717, 1.165) is 11.1 Å². The third-order valence-corrected chi connectivity index (χ3v) is 10.2. The van der Waals surface area contributed by atoms with Crippen molar-refractivity contribution in [3.05, 3.63) is 71.8 Å². The van der Waals surface area contributed by atoms with Crippen molar-refractivity contribution in [2.75, 3.05) is 46.6 Å². The molecule has 2 aromatic rings. The Kier molecular flexibility index (Phi) is 19.6. The minimum absolute atomic E-state index is 0.00845. The van der Waals surface area contributed by atoms with Crippen molar-refractivity contribution in [2.24, 2.45) is 23.5 Å². The predicted molar refractivity (Wildman–Crippen MR) is 208 cm³/mol. The zero-order chi connectivity index (χ0) is 43.8. The van der Waals surface area contributed by atoms with Crippen LogP contribution < -0.4 is 5.73 Å². The van der Waals surface area contributed by atoms with Crippen LogP contribution in [0.5, 0.6) is 0 Å². The van der Waals surface area contributed by atoms with E-state index in [1.54, 1.807) is 4.90 Å². The fourth-order valence-electron chi connectivity index (χ4n) is 6.77. The summed E-state index contributed by atoms with van der Waals surface area (Å²) >= 11 is 0. The van der Waals surface area contributed by atoms with Gasteiger partial charge in [-0.15, -0.1) is 0 Å². The number of amides is 1. The van der Waals surface area contributed by atoms with Gasteiger partial charge in [-0.2, -0.15) is 0 Å². The summed E-state index contributed by atoms with van der Waals surface area (Å²) in [6, 6.07) is 19.0. The van der Waals surface area contributed by atoms with Gasteiger partial charge in [-0.1, -0.05) is 81.4 Å². The molecule has 4 rings (SSSR count). The van der Waals surface area contributed by atoms with Gasteiger partial charge < -0.3 is 69.3 Å². The van der Waals surface area contributed by atoms with Gasteiger partial charge in [-0.05, 0) is 23.0 Å².